The van der Waals surface area contributed by atoms with Gasteiger partial charge in [0, 0.05) is 11.6 Å². The van der Waals surface area contributed by atoms with Crippen molar-refractivity contribution in [3.8, 4) is 5.75 Å². The molecule has 0 radical (unpaired) electrons. The number of hydrogen-bond acceptors (Lipinski definition) is 4. The van der Waals surface area contributed by atoms with Crippen molar-refractivity contribution in [3.63, 3.8) is 0 Å². The average Bonchev–Trinajstić information content (AvgIpc) is 2.28. The van der Waals surface area contributed by atoms with Crippen LogP contribution in [0, 0.1) is 5.82 Å². The average molecular weight is 278 g/mol. The summed E-state index contributed by atoms with van der Waals surface area (Å²) in [4.78, 5) is 11.3. The molecule has 18 heavy (non-hydrogen) atoms. The summed E-state index contributed by atoms with van der Waals surface area (Å²) >= 11 is 0. The Morgan fingerprint density at radius 1 is 1.50 bits per heavy atom. The topological polar surface area (TPSA) is 61.5 Å². The van der Waals surface area contributed by atoms with Crippen LogP contribution in [-0.4, -0.2) is 19.7 Å². The van der Waals surface area contributed by atoms with Gasteiger partial charge in [-0.3, -0.25) is 4.79 Å². The summed E-state index contributed by atoms with van der Waals surface area (Å²) in [5, 5.41) is 0. The minimum Gasteiger partial charge on any atom is -0.493 e. The largest absolute Gasteiger partial charge is 0.493 e. The number of nitrogens with two attached hydrogens (primary N) is 1. The first-order valence-electron chi connectivity index (χ1n) is 5.33. The van der Waals surface area contributed by atoms with Gasteiger partial charge >= 0.3 is 5.97 Å². The highest BCUT2D eigenvalue weighted by Gasteiger charge is 2.18. The van der Waals surface area contributed by atoms with Gasteiger partial charge in [0.2, 0.25) is 0 Å². The maximum atomic E-state index is 13.4. The molecule has 0 amide bonds. The number of ether oxygens (including phenoxy) is 2. The SMILES string of the molecule is CCOC(=O)C[C@@H](N)c1cccc(F)c1OC.Cl. The van der Waals surface area contributed by atoms with Crippen molar-refractivity contribution >= 4 is 18.4 Å². The fourth-order valence-electron chi connectivity index (χ4n) is 1.54. The van der Waals surface area contributed by atoms with Gasteiger partial charge in [-0.05, 0) is 13.0 Å². The second-order valence-electron chi connectivity index (χ2n) is 3.48. The second kappa shape index (κ2) is 7.89. The molecule has 1 aromatic carbocycles. The molecular formula is C12H17ClFNO3. The molecule has 0 bridgehead atoms. The Morgan fingerprint density at radius 3 is 2.72 bits per heavy atom. The number of carbonyl (C=O) groups excluding carboxylic acids is 1. The zero-order chi connectivity index (χ0) is 12.8. The summed E-state index contributed by atoms with van der Waals surface area (Å²) < 4.78 is 23.1. The van der Waals surface area contributed by atoms with Crippen molar-refractivity contribution in [2.45, 2.75) is 19.4 Å². The minimum absolute atomic E-state index is 0. The van der Waals surface area contributed by atoms with E-state index in [1.807, 2.05) is 0 Å². The van der Waals surface area contributed by atoms with E-state index in [0.717, 1.165) is 0 Å². The van der Waals surface area contributed by atoms with Crippen LogP contribution in [0.1, 0.15) is 24.9 Å². The van der Waals surface area contributed by atoms with Gasteiger partial charge in [0.15, 0.2) is 11.6 Å². The smallest absolute Gasteiger partial charge is 0.307 e. The summed E-state index contributed by atoms with van der Waals surface area (Å²) in [6.07, 6.45) is -0.00630. The van der Waals surface area contributed by atoms with Crippen LogP contribution in [0.2, 0.25) is 0 Å². The third-order valence-corrected chi connectivity index (χ3v) is 2.29. The fourth-order valence-corrected chi connectivity index (χ4v) is 1.54. The van der Waals surface area contributed by atoms with Crippen LogP contribution in [0.3, 0.4) is 0 Å². The lowest BCUT2D eigenvalue weighted by Gasteiger charge is -2.15. The Hall–Kier alpha value is -1.33. The fraction of sp³-hybridized carbons (Fsp3) is 0.417. The molecule has 0 aliphatic rings. The van der Waals surface area contributed by atoms with E-state index >= 15 is 0 Å². The molecule has 0 saturated carbocycles. The normalized spacial score (nSPS) is 11.3. The van der Waals surface area contributed by atoms with Gasteiger partial charge in [-0.15, -0.1) is 12.4 Å². The molecule has 0 aliphatic heterocycles. The first-order valence-corrected chi connectivity index (χ1v) is 5.33. The summed E-state index contributed by atoms with van der Waals surface area (Å²) in [7, 11) is 1.36. The van der Waals surface area contributed by atoms with Gasteiger partial charge in [0.25, 0.3) is 0 Å². The molecule has 0 saturated heterocycles. The van der Waals surface area contributed by atoms with E-state index in [2.05, 4.69) is 0 Å². The van der Waals surface area contributed by atoms with Crippen molar-refractivity contribution in [3.05, 3.63) is 29.6 Å². The lowest BCUT2D eigenvalue weighted by Crippen LogP contribution is -2.18. The number of esters is 1. The lowest BCUT2D eigenvalue weighted by molar-refractivity contribution is -0.143. The summed E-state index contributed by atoms with van der Waals surface area (Å²) in [6, 6.07) is 3.79. The molecule has 4 nitrogen and oxygen atoms in total. The van der Waals surface area contributed by atoms with Gasteiger partial charge in [0.1, 0.15) is 0 Å². The van der Waals surface area contributed by atoms with E-state index in [9.17, 15) is 9.18 Å². The first kappa shape index (κ1) is 16.7. The van der Waals surface area contributed by atoms with Crippen molar-refractivity contribution in [2.24, 2.45) is 5.73 Å². The number of hydrogen-bond donors (Lipinski definition) is 1. The van der Waals surface area contributed by atoms with Crippen molar-refractivity contribution < 1.29 is 18.7 Å². The molecule has 0 heterocycles. The van der Waals surface area contributed by atoms with E-state index in [-0.39, 0.29) is 24.6 Å². The Morgan fingerprint density at radius 2 is 2.17 bits per heavy atom. The van der Waals surface area contributed by atoms with E-state index in [1.165, 1.54) is 19.2 Å². The lowest BCUT2D eigenvalue weighted by atomic mass is 10.0. The minimum atomic E-state index is -0.639. The highest BCUT2D eigenvalue weighted by molar-refractivity contribution is 5.85. The molecule has 1 atom stereocenters. The molecule has 102 valence electrons. The standard InChI is InChI=1S/C12H16FNO3.ClH/c1-3-17-11(15)7-10(14)8-5-4-6-9(13)12(8)16-2;/h4-6,10H,3,7,14H2,1-2H3;1H/t10-;/m1./s1. The maximum Gasteiger partial charge on any atom is 0.307 e. The van der Waals surface area contributed by atoms with Crippen LogP contribution < -0.4 is 10.5 Å². The molecule has 0 unspecified atom stereocenters. The molecule has 0 aromatic heterocycles. The third kappa shape index (κ3) is 4.16. The summed E-state index contributed by atoms with van der Waals surface area (Å²) in [5.74, 6) is -0.833. The maximum absolute atomic E-state index is 13.4. The highest BCUT2D eigenvalue weighted by atomic mass is 35.5. The Kier molecular flexibility index (Phi) is 7.31. The quantitative estimate of drug-likeness (QED) is 0.838. The molecule has 0 aliphatic carbocycles. The zero-order valence-corrected chi connectivity index (χ0v) is 11.1. The molecule has 0 spiro atoms. The molecule has 0 fully saturated rings. The van der Waals surface area contributed by atoms with Crippen LogP contribution in [0.4, 0.5) is 4.39 Å². The summed E-state index contributed by atoms with van der Waals surface area (Å²) in [5.41, 5.74) is 6.28. The van der Waals surface area contributed by atoms with Crippen molar-refractivity contribution in [1.82, 2.24) is 0 Å². The number of benzene rings is 1. The van der Waals surface area contributed by atoms with E-state index < -0.39 is 17.8 Å². The Bertz CT molecular complexity index is 401. The number of halogens is 2. The van der Waals surface area contributed by atoms with Crippen LogP contribution >= 0.6 is 12.4 Å². The number of rotatable bonds is 5. The Labute approximate surface area is 112 Å². The predicted octanol–water partition coefficient (Wildman–Crippen LogP) is 2.21. The summed E-state index contributed by atoms with van der Waals surface area (Å²) in [6.45, 7) is 2.01. The van der Waals surface area contributed by atoms with Gasteiger partial charge < -0.3 is 15.2 Å². The van der Waals surface area contributed by atoms with Crippen LogP contribution in [0.25, 0.3) is 0 Å². The van der Waals surface area contributed by atoms with Gasteiger partial charge in [-0.25, -0.2) is 4.39 Å². The number of para-hydroxylation sites is 1. The van der Waals surface area contributed by atoms with E-state index in [0.29, 0.717) is 12.2 Å². The van der Waals surface area contributed by atoms with Crippen LogP contribution in [0.15, 0.2) is 18.2 Å². The van der Waals surface area contributed by atoms with E-state index in [1.54, 1.807) is 13.0 Å². The zero-order valence-electron chi connectivity index (χ0n) is 10.3. The van der Waals surface area contributed by atoms with Gasteiger partial charge in [0.05, 0.1) is 20.1 Å². The molecule has 2 N–H and O–H groups in total. The third-order valence-electron chi connectivity index (χ3n) is 2.29. The van der Waals surface area contributed by atoms with Crippen molar-refractivity contribution in [1.29, 1.82) is 0 Å². The Balaban J connectivity index is 0.00000289. The molecule has 1 rings (SSSR count). The van der Waals surface area contributed by atoms with Gasteiger partial charge in [-0.1, -0.05) is 12.1 Å². The first-order chi connectivity index (χ1) is 8.10. The predicted molar refractivity (Wildman–Crippen MR) is 68.4 cm³/mol. The monoisotopic (exact) mass is 277 g/mol. The van der Waals surface area contributed by atoms with Crippen molar-refractivity contribution in [2.75, 3.05) is 13.7 Å². The number of carbonyl (C=O) groups is 1. The van der Waals surface area contributed by atoms with Crippen LogP contribution in [0.5, 0.6) is 5.75 Å². The highest BCUT2D eigenvalue weighted by Crippen LogP contribution is 2.28. The van der Waals surface area contributed by atoms with E-state index in [4.69, 9.17) is 15.2 Å². The molecule has 6 heteroatoms. The molecular weight excluding hydrogens is 261 g/mol. The van der Waals surface area contributed by atoms with Gasteiger partial charge in [-0.2, -0.15) is 0 Å². The second-order valence-corrected chi connectivity index (χ2v) is 3.48. The van der Waals surface area contributed by atoms with Crippen LogP contribution in [-0.2, 0) is 9.53 Å². The molecule has 1 aromatic rings. The number of methoxy groups -OCH3 is 1.